The first-order valence-electron chi connectivity index (χ1n) is 9.55. The zero-order valence-electron chi connectivity index (χ0n) is 16.6. The van der Waals surface area contributed by atoms with Crippen LogP contribution in [-0.4, -0.2) is 16.2 Å². The number of benzene rings is 3. The Morgan fingerprint density at radius 1 is 1.03 bits per heavy atom. The topological polar surface area (TPSA) is 103 Å². The molecule has 0 amide bonds. The summed E-state index contributed by atoms with van der Waals surface area (Å²) < 4.78 is 18.9. The Kier molecular flexibility index (Phi) is 6.00. The van der Waals surface area contributed by atoms with Gasteiger partial charge in [0, 0.05) is 11.1 Å². The summed E-state index contributed by atoms with van der Waals surface area (Å²) in [4.78, 5) is 19.2. The van der Waals surface area contributed by atoms with Crippen molar-refractivity contribution < 1.29 is 9.13 Å². The monoisotopic (exact) mass is 425 g/mol. The maximum atomic E-state index is 13.1. The number of aromatic amines is 1. The van der Waals surface area contributed by atoms with Crippen molar-refractivity contribution in [3.05, 3.63) is 106 Å². The van der Waals surface area contributed by atoms with Crippen molar-refractivity contribution in [3.8, 4) is 28.8 Å². The number of hydrazone groups is 1. The van der Waals surface area contributed by atoms with E-state index in [1.807, 2.05) is 18.2 Å². The summed E-state index contributed by atoms with van der Waals surface area (Å²) in [6.45, 7) is 0. The third-order valence-electron chi connectivity index (χ3n) is 4.41. The zero-order chi connectivity index (χ0) is 22.3. The highest BCUT2D eigenvalue weighted by Gasteiger charge is 2.13. The van der Waals surface area contributed by atoms with E-state index < -0.39 is 5.56 Å². The lowest BCUT2D eigenvalue weighted by Crippen LogP contribution is -2.16. The number of nitrogens with zero attached hydrogens (tertiary/aromatic N) is 3. The molecule has 0 aliphatic heterocycles. The average molecular weight is 425 g/mol. The lowest BCUT2D eigenvalue weighted by Gasteiger charge is -2.08. The zero-order valence-corrected chi connectivity index (χ0v) is 16.6. The highest BCUT2D eigenvalue weighted by Crippen LogP contribution is 2.24. The number of halogens is 1. The van der Waals surface area contributed by atoms with Gasteiger partial charge < -0.3 is 4.74 Å². The van der Waals surface area contributed by atoms with Gasteiger partial charge in [0.25, 0.3) is 5.56 Å². The number of aromatic nitrogens is 2. The molecule has 7 nitrogen and oxygen atoms in total. The minimum atomic E-state index is -0.570. The predicted molar refractivity (Wildman–Crippen MR) is 119 cm³/mol. The summed E-state index contributed by atoms with van der Waals surface area (Å²) >= 11 is 0. The van der Waals surface area contributed by atoms with E-state index in [0.717, 1.165) is 0 Å². The molecule has 0 fully saturated rings. The number of ether oxygens (including phenoxy) is 1. The van der Waals surface area contributed by atoms with E-state index >= 15 is 0 Å². The van der Waals surface area contributed by atoms with Crippen molar-refractivity contribution in [3.63, 3.8) is 0 Å². The molecule has 0 saturated heterocycles. The number of para-hydroxylation sites is 1. The van der Waals surface area contributed by atoms with E-state index in [0.29, 0.717) is 22.6 Å². The predicted octanol–water partition coefficient (Wildman–Crippen LogP) is 4.69. The molecule has 0 aliphatic rings. The number of nitriles is 1. The Hall–Kier alpha value is -4.77. The Morgan fingerprint density at radius 2 is 1.75 bits per heavy atom. The number of H-pyrrole nitrogens is 1. The molecular formula is C24H16FN5O2. The fourth-order valence-electron chi connectivity index (χ4n) is 2.91. The lowest BCUT2D eigenvalue weighted by atomic mass is 10.1. The van der Waals surface area contributed by atoms with Crippen LogP contribution < -0.4 is 15.7 Å². The molecule has 0 saturated carbocycles. The Labute approximate surface area is 182 Å². The van der Waals surface area contributed by atoms with Crippen LogP contribution in [0, 0.1) is 17.1 Å². The number of hydrogen-bond acceptors (Lipinski definition) is 6. The molecule has 4 rings (SSSR count). The largest absolute Gasteiger partial charge is 0.457 e. The molecule has 32 heavy (non-hydrogen) atoms. The Balaban J connectivity index is 1.58. The third-order valence-corrected chi connectivity index (χ3v) is 4.41. The normalized spacial score (nSPS) is 10.6. The van der Waals surface area contributed by atoms with Gasteiger partial charge in [0.05, 0.1) is 11.9 Å². The molecule has 0 unspecified atom stereocenters. The van der Waals surface area contributed by atoms with Gasteiger partial charge in [0.15, 0.2) is 0 Å². The van der Waals surface area contributed by atoms with Gasteiger partial charge in [0.1, 0.15) is 28.9 Å². The van der Waals surface area contributed by atoms with E-state index in [2.05, 4.69) is 20.5 Å². The fourth-order valence-corrected chi connectivity index (χ4v) is 2.91. The summed E-state index contributed by atoms with van der Waals surface area (Å²) in [7, 11) is 0. The molecule has 1 aromatic heterocycles. The second-order valence-electron chi connectivity index (χ2n) is 6.58. The van der Waals surface area contributed by atoms with Gasteiger partial charge in [-0.1, -0.05) is 42.5 Å². The van der Waals surface area contributed by atoms with Crippen LogP contribution in [0.25, 0.3) is 11.3 Å². The molecule has 8 heteroatoms. The Morgan fingerprint density at radius 3 is 2.50 bits per heavy atom. The summed E-state index contributed by atoms with van der Waals surface area (Å²) in [5, 5.41) is 13.5. The Bertz CT molecular complexity index is 1360. The van der Waals surface area contributed by atoms with Crippen LogP contribution in [0.15, 0.2) is 88.8 Å². The van der Waals surface area contributed by atoms with Gasteiger partial charge in [-0.25, -0.2) is 14.8 Å². The van der Waals surface area contributed by atoms with Crippen LogP contribution in [0.2, 0.25) is 0 Å². The number of rotatable bonds is 6. The van der Waals surface area contributed by atoms with Crippen LogP contribution in [0.4, 0.5) is 10.3 Å². The van der Waals surface area contributed by atoms with E-state index in [-0.39, 0.29) is 23.0 Å². The smallest absolute Gasteiger partial charge is 0.270 e. The molecule has 1 heterocycles. The first-order valence-corrected chi connectivity index (χ1v) is 9.55. The second kappa shape index (κ2) is 9.36. The minimum Gasteiger partial charge on any atom is -0.457 e. The van der Waals surface area contributed by atoms with E-state index in [4.69, 9.17) is 4.74 Å². The van der Waals surface area contributed by atoms with Gasteiger partial charge in [-0.2, -0.15) is 10.4 Å². The summed E-state index contributed by atoms with van der Waals surface area (Å²) in [5.41, 5.74) is 3.57. The molecular weight excluding hydrogens is 409 g/mol. The van der Waals surface area contributed by atoms with Crippen LogP contribution >= 0.6 is 0 Å². The number of nitrogens with one attached hydrogen (secondary N) is 2. The van der Waals surface area contributed by atoms with Crippen LogP contribution in [0.3, 0.4) is 0 Å². The van der Waals surface area contributed by atoms with Gasteiger partial charge in [-0.05, 0) is 36.4 Å². The van der Waals surface area contributed by atoms with Gasteiger partial charge in [-0.15, -0.1) is 0 Å². The minimum absolute atomic E-state index is 0.0798. The molecule has 2 N–H and O–H groups in total. The lowest BCUT2D eigenvalue weighted by molar-refractivity contribution is 0.480. The van der Waals surface area contributed by atoms with Crippen molar-refractivity contribution >= 4 is 12.2 Å². The van der Waals surface area contributed by atoms with E-state index in [1.54, 1.807) is 42.5 Å². The highest BCUT2D eigenvalue weighted by molar-refractivity contribution is 5.84. The van der Waals surface area contributed by atoms with Crippen LogP contribution in [0.1, 0.15) is 11.1 Å². The van der Waals surface area contributed by atoms with Crippen molar-refractivity contribution in [2.24, 2.45) is 5.10 Å². The van der Waals surface area contributed by atoms with Crippen molar-refractivity contribution in [1.82, 2.24) is 9.97 Å². The first kappa shape index (κ1) is 20.5. The van der Waals surface area contributed by atoms with Crippen molar-refractivity contribution in [2.45, 2.75) is 0 Å². The highest BCUT2D eigenvalue weighted by atomic mass is 19.1. The fraction of sp³-hybridized carbons (Fsp3) is 0. The first-order chi connectivity index (χ1) is 15.6. The van der Waals surface area contributed by atoms with Crippen LogP contribution in [-0.2, 0) is 0 Å². The quantitative estimate of drug-likeness (QED) is 0.345. The maximum Gasteiger partial charge on any atom is 0.270 e. The molecule has 156 valence electrons. The van der Waals surface area contributed by atoms with E-state index in [9.17, 15) is 14.4 Å². The van der Waals surface area contributed by atoms with Crippen molar-refractivity contribution in [2.75, 3.05) is 5.43 Å². The molecule has 3 aromatic carbocycles. The maximum absolute atomic E-state index is 13.1. The average Bonchev–Trinajstić information content (AvgIpc) is 2.82. The van der Waals surface area contributed by atoms with Crippen molar-refractivity contribution in [1.29, 1.82) is 5.26 Å². The molecule has 0 aliphatic carbocycles. The summed E-state index contributed by atoms with van der Waals surface area (Å²) in [5.74, 6) is 0.720. The van der Waals surface area contributed by atoms with Gasteiger partial charge in [0.2, 0.25) is 5.95 Å². The number of hydrogen-bond donors (Lipinski definition) is 2. The van der Waals surface area contributed by atoms with Gasteiger partial charge in [-0.3, -0.25) is 9.78 Å². The van der Waals surface area contributed by atoms with E-state index in [1.165, 1.54) is 30.5 Å². The molecule has 4 aromatic rings. The van der Waals surface area contributed by atoms with Gasteiger partial charge >= 0.3 is 0 Å². The summed E-state index contributed by atoms with van der Waals surface area (Å²) in [6, 6.07) is 23.7. The third kappa shape index (κ3) is 4.68. The standard InChI is InChI=1S/C24H16FN5O2/c25-18-10-12-19(13-11-18)32-21-9-5-4-8-17(21)15-27-30-24-28-22(16-6-2-1-3-7-16)20(14-26)23(31)29-24/h1-13,15H,(H2,28,29,30,31). The molecule has 0 bridgehead atoms. The molecule has 0 atom stereocenters. The molecule has 0 radical (unpaired) electrons. The number of anilines is 1. The molecule has 0 spiro atoms. The summed E-state index contributed by atoms with van der Waals surface area (Å²) in [6.07, 6.45) is 1.50. The SMILES string of the molecule is N#Cc1c(-c2ccccc2)nc(NN=Cc2ccccc2Oc2ccc(F)cc2)[nH]c1=O. The second-order valence-corrected chi connectivity index (χ2v) is 6.58. The van der Waals surface area contributed by atoms with Crippen LogP contribution in [0.5, 0.6) is 11.5 Å².